The molecule has 0 fully saturated rings. The fourth-order valence-electron chi connectivity index (χ4n) is 2.25. The van der Waals surface area contributed by atoms with Crippen LogP contribution < -0.4 is 5.32 Å². The molecule has 2 aromatic rings. The smallest absolute Gasteiger partial charge is 0.254 e. The normalized spacial score (nSPS) is 10.5. The second-order valence-electron chi connectivity index (χ2n) is 5.40. The van der Waals surface area contributed by atoms with Gasteiger partial charge in [0.25, 0.3) is 5.91 Å². The molecule has 0 unspecified atom stereocenters. The molecule has 0 saturated carbocycles. The van der Waals surface area contributed by atoms with E-state index < -0.39 is 0 Å². The summed E-state index contributed by atoms with van der Waals surface area (Å²) in [6.07, 6.45) is 0.674. The molecule has 2 rings (SSSR count). The number of aromatic nitrogens is 1. The van der Waals surface area contributed by atoms with Crippen molar-refractivity contribution < 1.29 is 9.59 Å². The molecule has 1 aromatic heterocycles. The summed E-state index contributed by atoms with van der Waals surface area (Å²) in [6, 6.07) is 7.55. The molecule has 1 N–H and O–H groups in total. The van der Waals surface area contributed by atoms with E-state index in [2.05, 4.69) is 10.3 Å². The van der Waals surface area contributed by atoms with Crippen LogP contribution in [-0.2, 0) is 4.79 Å². The first-order chi connectivity index (χ1) is 12.3. The third-order valence-electron chi connectivity index (χ3n) is 3.33. The van der Waals surface area contributed by atoms with Gasteiger partial charge >= 0.3 is 0 Å². The van der Waals surface area contributed by atoms with Gasteiger partial charge in [-0.2, -0.15) is 0 Å². The van der Waals surface area contributed by atoms with Crippen molar-refractivity contribution in [3.63, 3.8) is 0 Å². The van der Waals surface area contributed by atoms with E-state index in [9.17, 15) is 9.59 Å². The van der Waals surface area contributed by atoms with Crippen molar-refractivity contribution in [2.45, 2.75) is 13.3 Å². The third kappa shape index (κ3) is 5.74. The summed E-state index contributed by atoms with van der Waals surface area (Å²) >= 11 is 23.6. The highest BCUT2D eigenvalue weighted by atomic mass is 35.5. The Kier molecular flexibility index (Phi) is 7.53. The number of amides is 2. The Labute approximate surface area is 171 Å². The second-order valence-corrected chi connectivity index (χ2v) is 7.02. The second kappa shape index (κ2) is 9.42. The molecule has 26 heavy (non-hydrogen) atoms. The van der Waals surface area contributed by atoms with Crippen molar-refractivity contribution in [3.05, 3.63) is 56.2 Å². The standard InChI is InChI=1S/C17H15Cl4N3O2/c1-2-5-24(17(26)10-6-14(20)23-15(21)7-10)9-16(25)22-13-4-3-11(18)8-12(13)19/h3-4,6-8H,2,5,9H2,1H3,(H,22,25). The minimum Gasteiger partial charge on any atom is -0.329 e. The minimum absolute atomic E-state index is 0.106. The molecule has 0 aliphatic heterocycles. The first kappa shape index (κ1) is 20.8. The summed E-state index contributed by atoms with van der Waals surface area (Å²) in [6.45, 7) is 2.14. The zero-order valence-corrected chi connectivity index (χ0v) is 16.8. The molecule has 0 bridgehead atoms. The van der Waals surface area contributed by atoms with E-state index in [-0.39, 0.29) is 34.2 Å². The van der Waals surface area contributed by atoms with Crippen LogP contribution in [0.15, 0.2) is 30.3 Å². The van der Waals surface area contributed by atoms with Crippen molar-refractivity contribution >= 4 is 63.9 Å². The molecule has 1 heterocycles. The van der Waals surface area contributed by atoms with Crippen LogP contribution in [0.4, 0.5) is 5.69 Å². The van der Waals surface area contributed by atoms with E-state index in [0.29, 0.717) is 28.7 Å². The molecule has 0 spiro atoms. The van der Waals surface area contributed by atoms with Crippen LogP contribution in [0.3, 0.4) is 0 Å². The highest BCUT2D eigenvalue weighted by Crippen LogP contribution is 2.25. The predicted octanol–water partition coefficient (Wildman–Crippen LogP) is 5.19. The number of pyridine rings is 1. The Morgan fingerprint density at radius 3 is 2.31 bits per heavy atom. The molecule has 5 nitrogen and oxygen atoms in total. The highest BCUT2D eigenvalue weighted by molar-refractivity contribution is 6.36. The zero-order valence-electron chi connectivity index (χ0n) is 13.7. The maximum Gasteiger partial charge on any atom is 0.254 e. The third-order valence-corrected chi connectivity index (χ3v) is 4.27. The number of carbonyl (C=O) groups is 2. The van der Waals surface area contributed by atoms with Gasteiger partial charge in [-0.3, -0.25) is 9.59 Å². The van der Waals surface area contributed by atoms with Crippen LogP contribution in [0.25, 0.3) is 0 Å². The van der Waals surface area contributed by atoms with Gasteiger partial charge in [0, 0.05) is 17.1 Å². The number of hydrogen-bond acceptors (Lipinski definition) is 3. The average Bonchev–Trinajstić information content (AvgIpc) is 2.55. The van der Waals surface area contributed by atoms with Crippen LogP contribution in [-0.4, -0.2) is 34.8 Å². The largest absolute Gasteiger partial charge is 0.329 e. The van der Waals surface area contributed by atoms with Gasteiger partial charge in [0.15, 0.2) is 0 Å². The Morgan fingerprint density at radius 2 is 1.73 bits per heavy atom. The SMILES string of the molecule is CCCN(CC(=O)Nc1ccc(Cl)cc1Cl)C(=O)c1cc(Cl)nc(Cl)c1. The molecular formula is C17H15Cl4N3O2. The number of nitrogens with one attached hydrogen (secondary N) is 1. The number of nitrogens with zero attached hydrogens (tertiary/aromatic N) is 2. The van der Waals surface area contributed by atoms with E-state index in [1.807, 2.05) is 6.92 Å². The molecule has 0 radical (unpaired) electrons. The quantitative estimate of drug-likeness (QED) is 0.636. The molecule has 9 heteroatoms. The molecule has 1 aromatic carbocycles. The zero-order chi connectivity index (χ0) is 19.3. The predicted molar refractivity (Wildman–Crippen MR) is 106 cm³/mol. The van der Waals surface area contributed by atoms with Gasteiger partial charge in [-0.1, -0.05) is 53.3 Å². The van der Waals surface area contributed by atoms with Gasteiger partial charge in [-0.15, -0.1) is 0 Å². The van der Waals surface area contributed by atoms with Gasteiger partial charge < -0.3 is 10.2 Å². The van der Waals surface area contributed by atoms with E-state index in [1.54, 1.807) is 12.1 Å². The van der Waals surface area contributed by atoms with Crippen LogP contribution in [0.1, 0.15) is 23.7 Å². The van der Waals surface area contributed by atoms with Gasteiger partial charge in [0.1, 0.15) is 16.9 Å². The van der Waals surface area contributed by atoms with E-state index in [1.165, 1.54) is 23.1 Å². The maximum atomic E-state index is 12.7. The number of halogens is 4. The molecule has 0 saturated heterocycles. The summed E-state index contributed by atoms with van der Waals surface area (Å²) in [7, 11) is 0. The molecule has 138 valence electrons. The fraction of sp³-hybridized carbons (Fsp3) is 0.235. The van der Waals surface area contributed by atoms with Crippen molar-refractivity contribution in [3.8, 4) is 0 Å². The topological polar surface area (TPSA) is 62.3 Å². The van der Waals surface area contributed by atoms with Gasteiger partial charge in [0.05, 0.1) is 10.7 Å². The summed E-state index contributed by atoms with van der Waals surface area (Å²) in [4.78, 5) is 30.3. The van der Waals surface area contributed by atoms with Crippen LogP contribution in [0.5, 0.6) is 0 Å². The lowest BCUT2D eigenvalue weighted by atomic mass is 10.2. The number of rotatable bonds is 6. The minimum atomic E-state index is -0.387. The Bertz CT molecular complexity index is 809. The van der Waals surface area contributed by atoms with Crippen molar-refractivity contribution in [1.82, 2.24) is 9.88 Å². The summed E-state index contributed by atoms with van der Waals surface area (Å²) in [5, 5.41) is 3.65. The summed E-state index contributed by atoms with van der Waals surface area (Å²) in [5.74, 6) is -0.752. The van der Waals surface area contributed by atoms with Gasteiger partial charge in [-0.05, 0) is 36.8 Å². The van der Waals surface area contributed by atoms with E-state index >= 15 is 0 Å². The summed E-state index contributed by atoms with van der Waals surface area (Å²) < 4.78 is 0. The van der Waals surface area contributed by atoms with Crippen LogP contribution in [0, 0.1) is 0 Å². The van der Waals surface area contributed by atoms with Crippen LogP contribution >= 0.6 is 46.4 Å². The van der Waals surface area contributed by atoms with Gasteiger partial charge in [0.2, 0.25) is 5.91 Å². The molecule has 0 aliphatic carbocycles. The molecule has 0 aliphatic rings. The molecule has 2 amide bonds. The first-order valence-corrected chi connectivity index (χ1v) is 9.18. The first-order valence-electron chi connectivity index (χ1n) is 7.67. The number of carbonyl (C=O) groups excluding carboxylic acids is 2. The Hall–Kier alpha value is -1.53. The van der Waals surface area contributed by atoms with Crippen LogP contribution in [0.2, 0.25) is 20.4 Å². The lowest BCUT2D eigenvalue weighted by Gasteiger charge is -2.22. The van der Waals surface area contributed by atoms with E-state index in [0.717, 1.165) is 0 Å². The summed E-state index contributed by atoms with van der Waals surface area (Å²) in [5.41, 5.74) is 0.681. The lowest BCUT2D eigenvalue weighted by Crippen LogP contribution is -2.38. The van der Waals surface area contributed by atoms with Crippen molar-refractivity contribution in [2.24, 2.45) is 0 Å². The fourth-order valence-corrected chi connectivity index (χ4v) is 3.16. The van der Waals surface area contributed by atoms with Crippen molar-refractivity contribution in [2.75, 3.05) is 18.4 Å². The Morgan fingerprint density at radius 1 is 1.08 bits per heavy atom. The van der Waals surface area contributed by atoms with Crippen molar-refractivity contribution in [1.29, 1.82) is 0 Å². The Balaban J connectivity index is 2.13. The highest BCUT2D eigenvalue weighted by Gasteiger charge is 2.20. The lowest BCUT2D eigenvalue weighted by molar-refractivity contribution is -0.116. The molecule has 0 atom stereocenters. The maximum absolute atomic E-state index is 12.7. The number of hydrogen-bond donors (Lipinski definition) is 1. The van der Waals surface area contributed by atoms with E-state index in [4.69, 9.17) is 46.4 Å². The van der Waals surface area contributed by atoms with Gasteiger partial charge in [-0.25, -0.2) is 4.98 Å². The molecular weight excluding hydrogens is 420 g/mol. The number of benzene rings is 1. The average molecular weight is 435 g/mol. The monoisotopic (exact) mass is 433 g/mol. The number of anilines is 1.